The van der Waals surface area contributed by atoms with Crippen LogP contribution in [-0.4, -0.2) is 14.2 Å². The van der Waals surface area contributed by atoms with E-state index in [4.69, 9.17) is 9.47 Å². The van der Waals surface area contributed by atoms with E-state index in [1.807, 2.05) is 6.07 Å². The summed E-state index contributed by atoms with van der Waals surface area (Å²) in [6, 6.07) is 4.18. The summed E-state index contributed by atoms with van der Waals surface area (Å²) in [7, 11) is 3.43. The predicted molar refractivity (Wildman–Crippen MR) is 70.8 cm³/mol. The van der Waals surface area contributed by atoms with Crippen LogP contribution in [-0.2, 0) is 0 Å². The number of hydrogen-bond acceptors (Lipinski definition) is 2. The third-order valence-corrected chi connectivity index (χ3v) is 4.87. The first-order valence-corrected chi connectivity index (χ1v) is 6.95. The molecule has 0 radical (unpaired) electrons. The normalized spacial score (nSPS) is 29.9. The van der Waals surface area contributed by atoms with Gasteiger partial charge < -0.3 is 9.47 Å². The molecule has 0 saturated heterocycles. The van der Waals surface area contributed by atoms with Crippen LogP contribution in [0, 0.1) is 11.8 Å². The summed E-state index contributed by atoms with van der Waals surface area (Å²) in [5.41, 5.74) is 1.35. The molecule has 0 spiro atoms. The third-order valence-electron chi connectivity index (χ3n) is 4.25. The molecule has 1 aromatic rings. The molecule has 3 rings (SSSR count). The lowest BCUT2D eigenvalue weighted by molar-refractivity contribution is 0.385. The van der Waals surface area contributed by atoms with Crippen molar-refractivity contribution in [2.24, 2.45) is 11.8 Å². The van der Waals surface area contributed by atoms with Crippen LogP contribution < -0.4 is 9.47 Å². The molecule has 2 aliphatic rings. The van der Waals surface area contributed by atoms with Crippen molar-refractivity contribution in [2.45, 2.75) is 25.2 Å². The molecule has 17 heavy (non-hydrogen) atoms. The number of fused-ring (bicyclic) bond motifs is 1. The van der Waals surface area contributed by atoms with E-state index >= 15 is 0 Å². The molecule has 3 atom stereocenters. The van der Waals surface area contributed by atoms with Gasteiger partial charge in [0.15, 0.2) is 0 Å². The van der Waals surface area contributed by atoms with Gasteiger partial charge in [-0.05, 0) is 64.6 Å². The Hall–Kier alpha value is -0.700. The van der Waals surface area contributed by atoms with Crippen LogP contribution in [0.5, 0.6) is 11.5 Å². The zero-order chi connectivity index (χ0) is 12.0. The van der Waals surface area contributed by atoms with Gasteiger partial charge in [0.2, 0.25) is 0 Å². The average molecular weight is 297 g/mol. The van der Waals surface area contributed by atoms with Gasteiger partial charge in [-0.2, -0.15) is 0 Å². The number of ether oxygens (including phenoxy) is 2. The largest absolute Gasteiger partial charge is 0.496 e. The zero-order valence-electron chi connectivity index (χ0n) is 10.2. The maximum atomic E-state index is 5.52. The van der Waals surface area contributed by atoms with E-state index in [0.29, 0.717) is 5.92 Å². The van der Waals surface area contributed by atoms with Crippen LogP contribution in [0.25, 0.3) is 0 Å². The minimum absolute atomic E-state index is 0.692. The van der Waals surface area contributed by atoms with E-state index in [9.17, 15) is 0 Å². The third kappa shape index (κ3) is 1.85. The summed E-state index contributed by atoms with van der Waals surface area (Å²) in [5, 5.41) is 0. The molecule has 0 heterocycles. The van der Waals surface area contributed by atoms with Crippen molar-refractivity contribution in [1.82, 2.24) is 0 Å². The highest BCUT2D eigenvalue weighted by atomic mass is 79.9. The molecule has 2 fully saturated rings. The van der Waals surface area contributed by atoms with Crippen LogP contribution >= 0.6 is 15.9 Å². The number of methoxy groups -OCH3 is 2. The average Bonchev–Trinajstić information content (AvgIpc) is 3.01. The van der Waals surface area contributed by atoms with Crippen molar-refractivity contribution in [3.8, 4) is 11.5 Å². The number of rotatable bonds is 3. The van der Waals surface area contributed by atoms with Crippen molar-refractivity contribution in [1.29, 1.82) is 0 Å². The van der Waals surface area contributed by atoms with E-state index in [0.717, 1.165) is 27.8 Å². The molecular formula is C14H17BrO2. The monoisotopic (exact) mass is 296 g/mol. The molecule has 3 unspecified atom stereocenters. The second-order valence-electron chi connectivity index (χ2n) is 5.07. The van der Waals surface area contributed by atoms with E-state index in [-0.39, 0.29) is 0 Å². The Morgan fingerprint density at radius 3 is 2.41 bits per heavy atom. The van der Waals surface area contributed by atoms with Gasteiger partial charge in [-0.15, -0.1) is 0 Å². The fourth-order valence-electron chi connectivity index (χ4n) is 3.26. The second kappa shape index (κ2) is 4.20. The number of benzene rings is 1. The molecule has 2 saturated carbocycles. The fourth-order valence-corrected chi connectivity index (χ4v) is 3.79. The Bertz CT molecular complexity index is 444. The Kier molecular flexibility index (Phi) is 2.81. The Balaban J connectivity index is 1.99. The minimum Gasteiger partial charge on any atom is -0.496 e. The van der Waals surface area contributed by atoms with Gasteiger partial charge >= 0.3 is 0 Å². The summed E-state index contributed by atoms with van der Waals surface area (Å²) in [6.07, 6.45) is 4.12. The maximum Gasteiger partial charge on any atom is 0.136 e. The summed E-state index contributed by atoms with van der Waals surface area (Å²) < 4.78 is 11.9. The quantitative estimate of drug-likeness (QED) is 0.840. The fraction of sp³-hybridized carbons (Fsp3) is 0.571. The number of hydrogen-bond donors (Lipinski definition) is 0. The van der Waals surface area contributed by atoms with E-state index in [1.54, 1.807) is 14.2 Å². The van der Waals surface area contributed by atoms with E-state index in [1.165, 1.54) is 24.8 Å². The molecule has 1 aromatic carbocycles. The smallest absolute Gasteiger partial charge is 0.136 e. The minimum atomic E-state index is 0.692. The highest BCUT2D eigenvalue weighted by Gasteiger charge is 2.49. The lowest BCUT2D eigenvalue weighted by Crippen LogP contribution is -2.02. The topological polar surface area (TPSA) is 18.5 Å². The first-order chi connectivity index (χ1) is 8.24. The standard InChI is InChI=1S/C14H17BrO2/c1-16-13-7-14(17-2)12(15)6-11(13)9-4-3-8-5-10(8)9/h6-10H,3-5H2,1-2H3. The van der Waals surface area contributed by atoms with E-state index in [2.05, 4.69) is 22.0 Å². The summed E-state index contributed by atoms with van der Waals surface area (Å²) >= 11 is 3.57. The predicted octanol–water partition coefficient (Wildman–Crippen LogP) is 3.98. The first-order valence-electron chi connectivity index (χ1n) is 6.16. The van der Waals surface area contributed by atoms with Crippen LogP contribution in [0.15, 0.2) is 16.6 Å². The van der Waals surface area contributed by atoms with Crippen LogP contribution in [0.3, 0.4) is 0 Å². The van der Waals surface area contributed by atoms with Gasteiger partial charge in [0, 0.05) is 6.07 Å². The first kappa shape index (κ1) is 11.4. The molecule has 0 aliphatic heterocycles. The Labute approximate surface area is 110 Å². The number of halogens is 1. The van der Waals surface area contributed by atoms with Gasteiger partial charge in [0.05, 0.1) is 18.7 Å². The molecule has 92 valence electrons. The Morgan fingerprint density at radius 2 is 1.88 bits per heavy atom. The van der Waals surface area contributed by atoms with Gasteiger partial charge in [-0.1, -0.05) is 0 Å². The molecule has 0 amide bonds. The van der Waals surface area contributed by atoms with E-state index < -0.39 is 0 Å². The lowest BCUT2D eigenvalue weighted by Gasteiger charge is -2.18. The Morgan fingerprint density at radius 1 is 1.12 bits per heavy atom. The highest BCUT2D eigenvalue weighted by Crippen LogP contribution is 2.60. The molecule has 3 heteroatoms. The van der Waals surface area contributed by atoms with Gasteiger partial charge in [0.1, 0.15) is 11.5 Å². The molecule has 0 bridgehead atoms. The molecule has 0 N–H and O–H groups in total. The van der Waals surface area contributed by atoms with Crippen molar-refractivity contribution in [3.63, 3.8) is 0 Å². The summed E-state index contributed by atoms with van der Waals surface area (Å²) in [6.45, 7) is 0. The SMILES string of the molecule is COc1cc(OC)c(C2CCC3CC32)cc1Br. The summed E-state index contributed by atoms with van der Waals surface area (Å²) in [4.78, 5) is 0. The van der Waals surface area contributed by atoms with Crippen LogP contribution in [0.2, 0.25) is 0 Å². The molecule has 2 aliphatic carbocycles. The van der Waals surface area contributed by atoms with Crippen LogP contribution in [0.1, 0.15) is 30.7 Å². The van der Waals surface area contributed by atoms with Crippen molar-refractivity contribution < 1.29 is 9.47 Å². The highest BCUT2D eigenvalue weighted by molar-refractivity contribution is 9.10. The van der Waals surface area contributed by atoms with Crippen molar-refractivity contribution >= 4 is 15.9 Å². The molecule has 2 nitrogen and oxygen atoms in total. The maximum absolute atomic E-state index is 5.52. The zero-order valence-corrected chi connectivity index (χ0v) is 11.8. The molecule has 0 aromatic heterocycles. The van der Waals surface area contributed by atoms with Gasteiger partial charge in [0.25, 0.3) is 0 Å². The van der Waals surface area contributed by atoms with Crippen LogP contribution in [0.4, 0.5) is 0 Å². The van der Waals surface area contributed by atoms with Crippen molar-refractivity contribution in [2.75, 3.05) is 14.2 Å². The second-order valence-corrected chi connectivity index (χ2v) is 5.93. The summed E-state index contributed by atoms with van der Waals surface area (Å²) in [5.74, 6) is 4.41. The van der Waals surface area contributed by atoms with Crippen molar-refractivity contribution in [3.05, 3.63) is 22.2 Å². The van der Waals surface area contributed by atoms with Gasteiger partial charge in [-0.3, -0.25) is 0 Å². The van der Waals surface area contributed by atoms with Gasteiger partial charge in [-0.25, -0.2) is 0 Å². The molecular weight excluding hydrogens is 280 g/mol. The lowest BCUT2D eigenvalue weighted by atomic mass is 9.93.